The minimum Gasteiger partial charge on any atom is -0.381 e. The van der Waals surface area contributed by atoms with Crippen molar-refractivity contribution < 1.29 is 9.47 Å². The lowest BCUT2D eigenvalue weighted by Gasteiger charge is -2.24. The van der Waals surface area contributed by atoms with Gasteiger partial charge in [-0.25, -0.2) is 0 Å². The molecule has 2 aromatic carbocycles. The fourth-order valence-corrected chi connectivity index (χ4v) is 3.65. The van der Waals surface area contributed by atoms with Gasteiger partial charge in [-0.3, -0.25) is 4.99 Å². The van der Waals surface area contributed by atoms with Crippen LogP contribution in [0.15, 0.2) is 59.6 Å². The normalized spacial score (nSPS) is 17.4. The average Bonchev–Trinajstić information content (AvgIpc) is 2.81. The van der Waals surface area contributed by atoms with Crippen molar-refractivity contribution in [2.45, 2.75) is 57.9 Å². The van der Waals surface area contributed by atoms with Crippen molar-refractivity contribution in [3.05, 3.63) is 71.3 Å². The molecule has 2 unspecified atom stereocenters. The van der Waals surface area contributed by atoms with Crippen LogP contribution in [-0.2, 0) is 22.6 Å². The van der Waals surface area contributed by atoms with Crippen LogP contribution in [-0.4, -0.2) is 38.4 Å². The van der Waals surface area contributed by atoms with E-state index in [0.29, 0.717) is 18.6 Å². The van der Waals surface area contributed by atoms with Crippen LogP contribution in [0.1, 0.15) is 49.3 Å². The molecule has 0 aromatic heterocycles. The van der Waals surface area contributed by atoms with Crippen molar-refractivity contribution in [1.82, 2.24) is 10.6 Å². The molecule has 30 heavy (non-hydrogen) atoms. The van der Waals surface area contributed by atoms with E-state index in [1.807, 2.05) is 7.05 Å². The maximum Gasteiger partial charge on any atom is 0.191 e. The van der Waals surface area contributed by atoms with E-state index in [1.54, 1.807) is 0 Å². The Morgan fingerprint density at radius 1 is 1.07 bits per heavy atom. The Morgan fingerprint density at radius 3 is 2.53 bits per heavy atom. The molecule has 0 saturated carbocycles. The van der Waals surface area contributed by atoms with E-state index in [0.717, 1.165) is 38.6 Å². The van der Waals surface area contributed by atoms with E-state index in [1.165, 1.54) is 16.7 Å². The number of rotatable bonds is 8. The first-order chi connectivity index (χ1) is 14.7. The zero-order valence-corrected chi connectivity index (χ0v) is 18.4. The number of aliphatic imine (C=N–C) groups is 1. The molecule has 2 atom stereocenters. The maximum absolute atomic E-state index is 6.06. The summed E-state index contributed by atoms with van der Waals surface area (Å²) >= 11 is 0. The number of nitrogens with one attached hydrogen (secondary N) is 2. The fourth-order valence-electron chi connectivity index (χ4n) is 3.65. The molecular weight excluding hydrogens is 374 g/mol. The standard InChI is InChI=1S/C25H35N3O2/c1-19(23-10-5-4-6-11-23)20(2)28-25(26-3)27-17-21-8-7-9-22(16-21)18-30-24-12-14-29-15-13-24/h4-11,16,19-20,24H,12-15,17-18H2,1-3H3,(H2,26,27,28). The lowest BCUT2D eigenvalue weighted by Crippen LogP contribution is -2.43. The average molecular weight is 410 g/mol. The first-order valence-electron chi connectivity index (χ1n) is 10.9. The molecule has 3 rings (SSSR count). The predicted octanol–water partition coefficient (Wildman–Crippen LogP) is 4.24. The fraction of sp³-hybridized carbons (Fsp3) is 0.480. The van der Waals surface area contributed by atoms with Gasteiger partial charge in [0.2, 0.25) is 0 Å². The Balaban J connectivity index is 1.48. The summed E-state index contributed by atoms with van der Waals surface area (Å²) in [4.78, 5) is 4.40. The molecule has 1 heterocycles. The summed E-state index contributed by atoms with van der Waals surface area (Å²) in [6.45, 7) is 7.42. The molecule has 2 aromatic rings. The topological polar surface area (TPSA) is 54.9 Å². The van der Waals surface area contributed by atoms with Crippen LogP contribution in [0.2, 0.25) is 0 Å². The van der Waals surface area contributed by atoms with E-state index >= 15 is 0 Å². The predicted molar refractivity (Wildman–Crippen MR) is 123 cm³/mol. The number of guanidine groups is 1. The van der Waals surface area contributed by atoms with Crippen molar-refractivity contribution in [3.63, 3.8) is 0 Å². The number of hydrogen-bond donors (Lipinski definition) is 2. The molecule has 5 heteroatoms. The van der Waals surface area contributed by atoms with Gasteiger partial charge in [0.05, 0.1) is 12.7 Å². The molecule has 1 aliphatic rings. The zero-order chi connectivity index (χ0) is 21.2. The van der Waals surface area contributed by atoms with Crippen molar-refractivity contribution in [2.75, 3.05) is 20.3 Å². The van der Waals surface area contributed by atoms with Crippen molar-refractivity contribution in [1.29, 1.82) is 0 Å². The summed E-state index contributed by atoms with van der Waals surface area (Å²) in [7, 11) is 1.81. The highest BCUT2D eigenvalue weighted by molar-refractivity contribution is 5.80. The van der Waals surface area contributed by atoms with Gasteiger partial charge < -0.3 is 20.1 Å². The summed E-state index contributed by atoms with van der Waals surface area (Å²) in [6.07, 6.45) is 2.29. The molecule has 162 valence electrons. The van der Waals surface area contributed by atoms with Gasteiger partial charge in [-0.05, 0) is 36.5 Å². The van der Waals surface area contributed by atoms with Crippen LogP contribution in [0, 0.1) is 0 Å². The summed E-state index contributed by atoms with van der Waals surface area (Å²) in [5.74, 6) is 1.20. The number of benzene rings is 2. The Labute approximate surface area is 180 Å². The first-order valence-corrected chi connectivity index (χ1v) is 10.9. The first kappa shape index (κ1) is 22.3. The van der Waals surface area contributed by atoms with E-state index < -0.39 is 0 Å². The highest BCUT2D eigenvalue weighted by Crippen LogP contribution is 2.18. The third kappa shape index (κ3) is 6.85. The third-order valence-corrected chi connectivity index (χ3v) is 5.77. The minimum absolute atomic E-state index is 0.262. The Hall–Kier alpha value is -2.37. The lowest BCUT2D eigenvalue weighted by atomic mass is 9.94. The molecule has 0 bridgehead atoms. The molecule has 1 saturated heterocycles. The summed E-state index contributed by atoms with van der Waals surface area (Å²) < 4.78 is 11.5. The largest absolute Gasteiger partial charge is 0.381 e. The molecule has 0 aliphatic carbocycles. The molecule has 0 radical (unpaired) electrons. The van der Waals surface area contributed by atoms with Crippen molar-refractivity contribution in [2.24, 2.45) is 4.99 Å². The van der Waals surface area contributed by atoms with Crippen LogP contribution in [0.25, 0.3) is 0 Å². The van der Waals surface area contributed by atoms with Gasteiger partial charge in [0.1, 0.15) is 0 Å². The van der Waals surface area contributed by atoms with Crippen LogP contribution < -0.4 is 10.6 Å². The molecule has 0 spiro atoms. The van der Waals surface area contributed by atoms with Gasteiger partial charge in [-0.1, -0.05) is 61.5 Å². The van der Waals surface area contributed by atoms with Gasteiger partial charge in [-0.15, -0.1) is 0 Å². The summed E-state index contributed by atoms with van der Waals surface area (Å²) in [5.41, 5.74) is 3.75. The van der Waals surface area contributed by atoms with Crippen LogP contribution in [0.5, 0.6) is 0 Å². The molecule has 1 aliphatic heterocycles. The molecular formula is C25H35N3O2. The van der Waals surface area contributed by atoms with Gasteiger partial charge in [-0.2, -0.15) is 0 Å². The highest BCUT2D eigenvalue weighted by atomic mass is 16.5. The molecule has 0 amide bonds. The smallest absolute Gasteiger partial charge is 0.191 e. The summed E-state index contributed by atoms with van der Waals surface area (Å²) in [6, 6.07) is 19.4. The second-order valence-corrected chi connectivity index (χ2v) is 8.00. The third-order valence-electron chi connectivity index (χ3n) is 5.77. The number of ether oxygens (including phenoxy) is 2. The maximum atomic E-state index is 6.06. The second kappa shape index (κ2) is 11.7. The highest BCUT2D eigenvalue weighted by Gasteiger charge is 2.16. The van der Waals surface area contributed by atoms with Gasteiger partial charge in [0, 0.05) is 38.8 Å². The van der Waals surface area contributed by atoms with Crippen LogP contribution >= 0.6 is 0 Å². The van der Waals surface area contributed by atoms with E-state index in [9.17, 15) is 0 Å². The SMILES string of the molecule is CN=C(NCc1cccc(COC2CCOCC2)c1)NC(C)C(C)c1ccccc1. The lowest BCUT2D eigenvalue weighted by molar-refractivity contribution is -0.0390. The minimum atomic E-state index is 0.262. The van der Waals surface area contributed by atoms with Crippen LogP contribution in [0.3, 0.4) is 0 Å². The second-order valence-electron chi connectivity index (χ2n) is 8.00. The Kier molecular flexibility index (Phi) is 8.72. The summed E-state index contributed by atoms with van der Waals surface area (Å²) in [5, 5.41) is 6.96. The van der Waals surface area contributed by atoms with Gasteiger partial charge >= 0.3 is 0 Å². The van der Waals surface area contributed by atoms with E-state index in [4.69, 9.17) is 9.47 Å². The van der Waals surface area contributed by atoms with E-state index in [2.05, 4.69) is 84.1 Å². The number of nitrogens with zero attached hydrogens (tertiary/aromatic N) is 1. The van der Waals surface area contributed by atoms with Gasteiger partial charge in [0.25, 0.3) is 0 Å². The Morgan fingerprint density at radius 2 is 1.80 bits per heavy atom. The molecule has 5 nitrogen and oxygen atoms in total. The van der Waals surface area contributed by atoms with Crippen LogP contribution in [0.4, 0.5) is 0 Å². The molecule has 2 N–H and O–H groups in total. The Bertz CT molecular complexity index is 788. The quantitative estimate of drug-likeness (QED) is 0.506. The molecule has 1 fully saturated rings. The van der Waals surface area contributed by atoms with Crippen molar-refractivity contribution in [3.8, 4) is 0 Å². The zero-order valence-electron chi connectivity index (χ0n) is 18.4. The monoisotopic (exact) mass is 409 g/mol. The van der Waals surface area contributed by atoms with Gasteiger partial charge in [0.15, 0.2) is 5.96 Å². The van der Waals surface area contributed by atoms with Crippen molar-refractivity contribution >= 4 is 5.96 Å². The number of hydrogen-bond acceptors (Lipinski definition) is 3. The van der Waals surface area contributed by atoms with E-state index in [-0.39, 0.29) is 6.04 Å².